The fourth-order valence-corrected chi connectivity index (χ4v) is 2.34. The molecule has 21 heavy (non-hydrogen) atoms. The van der Waals surface area contributed by atoms with Gasteiger partial charge in [-0.05, 0) is 37.6 Å². The molecule has 0 saturated carbocycles. The third kappa shape index (κ3) is 5.36. The van der Waals surface area contributed by atoms with Gasteiger partial charge in [-0.2, -0.15) is 0 Å². The van der Waals surface area contributed by atoms with Crippen molar-refractivity contribution in [2.45, 2.75) is 19.4 Å². The molecule has 0 aliphatic carbocycles. The molecular formula is C15H22ClN3O2. The lowest BCUT2D eigenvalue weighted by Gasteiger charge is -2.30. The highest BCUT2D eigenvalue weighted by atomic mass is 35.5. The molecule has 116 valence electrons. The maximum absolute atomic E-state index is 11.8. The number of amides is 2. The summed E-state index contributed by atoms with van der Waals surface area (Å²) >= 11 is 0. The van der Waals surface area contributed by atoms with Gasteiger partial charge < -0.3 is 16.0 Å². The summed E-state index contributed by atoms with van der Waals surface area (Å²) in [6.07, 6.45) is 0.930. The third-order valence-electron chi connectivity index (χ3n) is 3.58. The summed E-state index contributed by atoms with van der Waals surface area (Å²) in [7, 11) is 0. The van der Waals surface area contributed by atoms with Gasteiger partial charge >= 0.3 is 0 Å². The summed E-state index contributed by atoms with van der Waals surface area (Å²) in [5, 5.41) is 8.91. The van der Waals surface area contributed by atoms with Gasteiger partial charge in [-0.1, -0.05) is 25.1 Å². The van der Waals surface area contributed by atoms with E-state index >= 15 is 0 Å². The summed E-state index contributed by atoms with van der Waals surface area (Å²) in [4.78, 5) is 23.7. The van der Waals surface area contributed by atoms with Crippen LogP contribution in [-0.2, 0) is 4.79 Å². The number of carbonyl (C=O) groups excluding carboxylic acids is 2. The fourth-order valence-electron chi connectivity index (χ4n) is 2.34. The van der Waals surface area contributed by atoms with Crippen LogP contribution in [0.25, 0.3) is 0 Å². The predicted molar refractivity (Wildman–Crippen MR) is 84.6 cm³/mol. The number of piperidine rings is 1. The van der Waals surface area contributed by atoms with Crippen molar-refractivity contribution >= 4 is 24.2 Å². The molecule has 2 unspecified atom stereocenters. The Morgan fingerprint density at radius 3 is 2.67 bits per heavy atom. The zero-order valence-electron chi connectivity index (χ0n) is 12.1. The zero-order chi connectivity index (χ0) is 14.4. The van der Waals surface area contributed by atoms with E-state index in [1.807, 2.05) is 6.07 Å². The van der Waals surface area contributed by atoms with Crippen molar-refractivity contribution in [3.63, 3.8) is 0 Å². The Balaban J connectivity index is 0.00000220. The standard InChI is InChI=1S/C15H21N3O2.ClH/c1-11-9-16-8-7-13(11)18-14(19)10-17-15(20)12-5-3-2-4-6-12;/h2-6,11,13,16H,7-10H2,1H3,(H,17,20)(H,18,19);1H. The van der Waals surface area contributed by atoms with Gasteiger partial charge in [0, 0.05) is 11.6 Å². The number of hydrogen-bond donors (Lipinski definition) is 3. The molecule has 1 aliphatic rings. The van der Waals surface area contributed by atoms with Crippen molar-refractivity contribution < 1.29 is 9.59 Å². The molecule has 2 amide bonds. The Bertz CT molecular complexity index is 467. The van der Waals surface area contributed by atoms with Gasteiger partial charge in [0.25, 0.3) is 5.91 Å². The highest BCUT2D eigenvalue weighted by Crippen LogP contribution is 2.09. The van der Waals surface area contributed by atoms with E-state index in [4.69, 9.17) is 0 Å². The SMILES string of the molecule is CC1CNCCC1NC(=O)CNC(=O)c1ccccc1.Cl. The number of rotatable bonds is 4. The second-order valence-corrected chi connectivity index (χ2v) is 5.19. The maximum atomic E-state index is 11.8. The average Bonchev–Trinajstić information content (AvgIpc) is 2.48. The van der Waals surface area contributed by atoms with Crippen molar-refractivity contribution in [1.29, 1.82) is 0 Å². The van der Waals surface area contributed by atoms with Crippen LogP contribution in [0, 0.1) is 5.92 Å². The van der Waals surface area contributed by atoms with Crippen LogP contribution in [0.3, 0.4) is 0 Å². The molecule has 6 heteroatoms. The van der Waals surface area contributed by atoms with Crippen LogP contribution in [0.2, 0.25) is 0 Å². The summed E-state index contributed by atoms with van der Waals surface area (Å²) in [5.41, 5.74) is 0.565. The molecule has 2 rings (SSSR count). The molecule has 3 N–H and O–H groups in total. The number of benzene rings is 1. The van der Waals surface area contributed by atoms with Gasteiger partial charge in [0.2, 0.25) is 5.91 Å². The molecule has 1 aliphatic heterocycles. The quantitative estimate of drug-likeness (QED) is 0.775. The smallest absolute Gasteiger partial charge is 0.251 e. The van der Waals surface area contributed by atoms with Gasteiger partial charge in [-0.3, -0.25) is 9.59 Å². The molecular weight excluding hydrogens is 290 g/mol. The predicted octanol–water partition coefficient (Wildman–Crippen LogP) is 0.952. The van der Waals surface area contributed by atoms with Gasteiger partial charge in [-0.15, -0.1) is 12.4 Å². The molecule has 0 aromatic heterocycles. The molecule has 1 aromatic carbocycles. The van der Waals surface area contributed by atoms with Gasteiger partial charge in [0.1, 0.15) is 0 Å². The first-order valence-corrected chi connectivity index (χ1v) is 7.00. The van der Waals surface area contributed by atoms with Crippen LogP contribution in [0.4, 0.5) is 0 Å². The second-order valence-electron chi connectivity index (χ2n) is 5.19. The van der Waals surface area contributed by atoms with Crippen molar-refractivity contribution in [1.82, 2.24) is 16.0 Å². The molecule has 5 nitrogen and oxygen atoms in total. The van der Waals surface area contributed by atoms with E-state index in [-0.39, 0.29) is 36.8 Å². The number of hydrogen-bond acceptors (Lipinski definition) is 3. The second kappa shape index (κ2) is 8.64. The normalized spacial score (nSPS) is 21.0. The Labute approximate surface area is 131 Å². The molecule has 0 radical (unpaired) electrons. The number of nitrogens with one attached hydrogen (secondary N) is 3. The van der Waals surface area contributed by atoms with Crippen LogP contribution >= 0.6 is 12.4 Å². The van der Waals surface area contributed by atoms with E-state index in [2.05, 4.69) is 22.9 Å². The minimum atomic E-state index is -0.223. The first kappa shape index (κ1) is 17.5. The summed E-state index contributed by atoms with van der Waals surface area (Å²) < 4.78 is 0. The van der Waals surface area contributed by atoms with E-state index < -0.39 is 0 Å². The lowest BCUT2D eigenvalue weighted by atomic mass is 9.95. The minimum absolute atomic E-state index is 0. The van der Waals surface area contributed by atoms with Crippen molar-refractivity contribution in [2.24, 2.45) is 5.92 Å². The van der Waals surface area contributed by atoms with Crippen LogP contribution in [0.5, 0.6) is 0 Å². The van der Waals surface area contributed by atoms with E-state index in [0.29, 0.717) is 11.5 Å². The Kier molecular flexibility index (Phi) is 7.19. The summed E-state index contributed by atoms with van der Waals surface area (Å²) in [5.74, 6) is 0.0599. The van der Waals surface area contributed by atoms with Gasteiger partial charge in [-0.25, -0.2) is 0 Å². The Hall–Kier alpha value is -1.59. The van der Waals surface area contributed by atoms with Crippen molar-refractivity contribution in [2.75, 3.05) is 19.6 Å². The lowest BCUT2D eigenvalue weighted by Crippen LogP contribution is -2.50. The molecule has 1 fully saturated rings. The summed E-state index contributed by atoms with van der Waals surface area (Å²) in [6, 6.07) is 9.08. The van der Waals surface area contributed by atoms with Crippen LogP contribution in [0.1, 0.15) is 23.7 Å². The highest BCUT2D eigenvalue weighted by molar-refractivity contribution is 5.96. The first-order chi connectivity index (χ1) is 9.66. The van der Waals surface area contributed by atoms with Gasteiger partial charge in [0.15, 0.2) is 0 Å². The fraction of sp³-hybridized carbons (Fsp3) is 0.467. The third-order valence-corrected chi connectivity index (χ3v) is 3.58. The molecule has 2 atom stereocenters. The molecule has 1 saturated heterocycles. The zero-order valence-corrected chi connectivity index (χ0v) is 12.9. The van der Waals surface area contributed by atoms with Crippen LogP contribution in [0.15, 0.2) is 30.3 Å². The maximum Gasteiger partial charge on any atom is 0.251 e. The number of halogens is 1. The van der Waals surface area contributed by atoms with E-state index in [1.54, 1.807) is 24.3 Å². The van der Waals surface area contributed by atoms with Crippen LogP contribution in [-0.4, -0.2) is 37.5 Å². The van der Waals surface area contributed by atoms with Gasteiger partial charge in [0.05, 0.1) is 6.54 Å². The largest absolute Gasteiger partial charge is 0.351 e. The average molecular weight is 312 g/mol. The minimum Gasteiger partial charge on any atom is -0.351 e. The van der Waals surface area contributed by atoms with E-state index in [1.165, 1.54) is 0 Å². The van der Waals surface area contributed by atoms with Crippen molar-refractivity contribution in [3.8, 4) is 0 Å². The molecule has 0 spiro atoms. The highest BCUT2D eigenvalue weighted by Gasteiger charge is 2.22. The Morgan fingerprint density at radius 2 is 2.00 bits per heavy atom. The van der Waals surface area contributed by atoms with Crippen LogP contribution < -0.4 is 16.0 Å². The Morgan fingerprint density at radius 1 is 1.29 bits per heavy atom. The molecule has 0 bridgehead atoms. The van der Waals surface area contributed by atoms with E-state index in [0.717, 1.165) is 19.5 Å². The first-order valence-electron chi connectivity index (χ1n) is 7.00. The lowest BCUT2D eigenvalue weighted by molar-refractivity contribution is -0.121. The summed E-state index contributed by atoms with van der Waals surface area (Å²) in [6.45, 7) is 3.97. The number of carbonyl (C=O) groups is 2. The molecule has 1 aromatic rings. The molecule has 1 heterocycles. The van der Waals surface area contributed by atoms with E-state index in [9.17, 15) is 9.59 Å². The topological polar surface area (TPSA) is 70.2 Å². The monoisotopic (exact) mass is 311 g/mol. The van der Waals surface area contributed by atoms with Crippen molar-refractivity contribution in [3.05, 3.63) is 35.9 Å².